The lowest BCUT2D eigenvalue weighted by molar-refractivity contribution is 0.125. The van der Waals surface area contributed by atoms with E-state index in [2.05, 4.69) is 30.6 Å². The molecule has 12 nitrogen and oxygen atoms in total. The Kier molecular flexibility index (Phi) is 11.2. The van der Waals surface area contributed by atoms with E-state index in [4.69, 9.17) is 32.5 Å². The summed E-state index contributed by atoms with van der Waals surface area (Å²) in [6.45, 7) is 0. The Morgan fingerprint density at radius 2 is 1.15 bits per heavy atom. The number of nitrogens with one attached hydrogen (secondary N) is 2. The van der Waals surface area contributed by atoms with E-state index >= 15 is 0 Å². The number of anilines is 4. The van der Waals surface area contributed by atoms with E-state index < -0.39 is 0 Å². The van der Waals surface area contributed by atoms with Crippen LogP contribution in [0.1, 0.15) is 51.4 Å². The zero-order valence-corrected chi connectivity index (χ0v) is 25.9. The van der Waals surface area contributed by atoms with Gasteiger partial charge in [-0.1, -0.05) is 23.7 Å². The number of rotatable bonds is 8. The minimum atomic E-state index is -0.329. The van der Waals surface area contributed by atoms with E-state index in [1.165, 1.54) is 36.7 Å². The lowest BCUT2D eigenvalue weighted by Gasteiger charge is -2.27. The summed E-state index contributed by atoms with van der Waals surface area (Å²) in [5, 5.41) is 26.3. The largest absolute Gasteiger partial charge is 0.452 e. The first kappa shape index (κ1) is 32.9. The highest BCUT2D eigenvalue weighted by molar-refractivity contribution is 6.32. The number of nitrogens with two attached hydrogens (primary N) is 2. The fraction of sp³-hybridized carbons (Fsp3) is 0.375. The zero-order chi connectivity index (χ0) is 32.5. The molecule has 0 radical (unpaired) electrons. The average molecular weight is 653 g/mol. The van der Waals surface area contributed by atoms with Crippen LogP contribution in [0.4, 0.5) is 27.9 Å². The number of nitrogen functional groups attached to an aromatic ring is 2. The minimum Gasteiger partial charge on any atom is -0.452 e. The van der Waals surface area contributed by atoms with Crippen molar-refractivity contribution in [3.8, 4) is 23.0 Å². The van der Waals surface area contributed by atoms with E-state index in [1.807, 2.05) is 12.1 Å². The molecule has 0 amide bonds. The number of aliphatic hydroxyl groups excluding tert-OH is 2. The fourth-order valence-electron chi connectivity index (χ4n) is 5.23. The number of aromatic nitrogens is 4. The van der Waals surface area contributed by atoms with Gasteiger partial charge < -0.3 is 41.8 Å². The zero-order valence-electron chi connectivity index (χ0n) is 25.2. The standard InChI is InChI=1S/C16H19ClN4O2.C16H19FN4O2/c17-12-3-1-2-4-13(12)23-14-9-19-16(18)21-15(14)20-10-5-7-11(22)8-6-10;17-10-1-7-13(8-2-10)23-14-9-19-16(18)21-15(14)20-11-3-5-12(22)6-4-11/h1-4,9-11,22H,5-8H2,(H3,18,19,20,21);1-2,7-9,11-12,22H,3-6H2,(H3,18,19,20,21)/t10-,11-;11-,12-. The Balaban J connectivity index is 0.000000181. The third-order valence-electron chi connectivity index (χ3n) is 7.72. The molecule has 6 rings (SSSR count). The summed E-state index contributed by atoms with van der Waals surface area (Å²) in [6, 6.07) is 13.3. The SMILES string of the molecule is Nc1ncc(Oc2ccc(F)cc2)c(N[C@H]2CC[C@H](O)CC2)n1.Nc1ncc(Oc2ccccc2Cl)c(N[C@H]2CC[C@H](O)CC2)n1. The number of para-hydroxylation sites is 1. The second kappa shape index (κ2) is 15.7. The summed E-state index contributed by atoms with van der Waals surface area (Å²) >= 11 is 6.13. The molecule has 4 aromatic rings. The molecule has 2 saturated carbocycles. The van der Waals surface area contributed by atoms with Gasteiger partial charge in [0, 0.05) is 12.1 Å². The first-order valence-corrected chi connectivity index (χ1v) is 15.6. The van der Waals surface area contributed by atoms with Crippen LogP contribution in [-0.4, -0.2) is 54.4 Å². The molecule has 2 fully saturated rings. The molecular weight excluding hydrogens is 615 g/mol. The van der Waals surface area contributed by atoms with Crippen LogP contribution in [0.5, 0.6) is 23.0 Å². The van der Waals surface area contributed by atoms with Crippen molar-refractivity contribution in [3.05, 3.63) is 71.8 Å². The highest BCUT2D eigenvalue weighted by Gasteiger charge is 2.23. The third-order valence-corrected chi connectivity index (χ3v) is 8.03. The van der Waals surface area contributed by atoms with Gasteiger partial charge in [0.15, 0.2) is 23.1 Å². The molecule has 0 atom stereocenters. The smallest absolute Gasteiger partial charge is 0.222 e. The van der Waals surface area contributed by atoms with E-state index in [1.54, 1.807) is 12.1 Å². The minimum absolute atomic E-state index is 0.148. The maximum Gasteiger partial charge on any atom is 0.222 e. The molecule has 8 N–H and O–H groups in total. The van der Waals surface area contributed by atoms with E-state index in [-0.39, 0.29) is 42.0 Å². The Labute approximate surface area is 271 Å². The lowest BCUT2D eigenvalue weighted by Crippen LogP contribution is -2.28. The summed E-state index contributed by atoms with van der Waals surface area (Å²) in [7, 11) is 0. The molecule has 0 saturated heterocycles. The van der Waals surface area contributed by atoms with Crippen molar-refractivity contribution in [1.82, 2.24) is 19.9 Å². The van der Waals surface area contributed by atoms with Gasteiger partial charge in [0.05, 0.1) is 29.6 Å². The lowest BCUT2D eigenvalue weighted by atomic mass is 9.93. The molecule has 46 heavy (non-hydrogen) atoms. The molecule has 2 aliphatic rings. The topological polar surface area (TPSA) is 187 Å². The van der Waals surface area contributed by atoms with E-state index in [9.17, 15) is 14.6 Å². The summed E-state index contributed by atoms with van der Waals surface area (Å²) in [6.07, 6.45) is 9.10. The highest BCUT2D eigenvalue weighted by Crippen LogP contribution is 2.34. The summed E-state index contributed by atoms with van der Waals surface area (Å²) in [5.74, 6) is 2.96. The van der Waals surface area contributed by atoms with Crippen molar-refractivity contribution < 1.29 is 24.1 Å². The molecule has 2 heterocycles. The van der Waals surface area contributed by atoms with Gasteiger partial charge in [-0.3, -0.25) is 0 Å². The molecule has 14 heteroatoms. The number of halogens is 2. The molecule has 0 aliphatic heterocycles. The Morgan fingerprint density at radius 1 is 0.674 bits per heavy atom. The number of nitrogens with zero attached hydrogens (tertiary/aromatic N) is 4. The quantitative estimate of drug-likeness (QED) is 0.132. The van der Waals surface area contributed by atoms with Crippen molar-refractivity contribution in [2.45, 2.75) is 75.7 Å². The Bertz CT molecular complexity index is 1570. The molecule has 2 aromatic carbocycles. The van der Waals surface area contributed by atoms with Gasteiger partial charge in [-0.25, -0.2) is 14.4 Å². The van der Waals surface area contributed by atoms with Crippen LogP contribution in [0.3, 0.4) is 0 Å². The van der Waals surface area contributed by atoms with Crippen molar-refractivity contribution in [3.63, 3.8) is 0 Å². The maximum absolute atomic E-state index is 13.0. The van der Waals surface area contributed by atoms with E-state index in [0.717, 1.165) is 51.4 Å². The second-order valence-corrected chi connectivity index (χ2v) is 11.7. The molecular formula is C32H38ClFN8O4. The summed E-state index contributed by atoms with van der Waals surface area (Å²) < 4.78 is 24.5. The monoisotopic (exact) mass is 652 g/mol. The van der Waals surface area contributed by atoms with E-state index in [0.29, 0.717) is 39.7 Å². The predicted molar refractivity (Wildman–Crippen MR) is 175 cm³/mol. The number of aliphatic hydroxyl groups is 2. The van der Waals surface area contributed by atoms with Gasteiger partial charge >= 0.3 is 0 Å². The van der Waals surface area contributed by atoms with Gasteiger partial charge in [-0.05, 0) is 87.8 Å². The van der Waals surface area contributed by atoms with Crippen LogP contribution in [0.25, 0.3) is 0 Å². The van der Waals surface area contributed by atoms with Crippen molar-refractivity contribution in [1.29, 1.82) is 0 Å². The molecule has 2 aliphatic carbocycles. The van der Waals surface area contributed by atoms with Gasteiger partial charge in [0.1, 0.15) is 17.3 Å². The molecule has 244 valence electrons. The van der Waals surface area contributed by atoms with Crippen molar-refractivity contribution >= 4 is 35.1 Å². The van der Waals surface area contributed by atoms with Gasteiger partial charge in [0.25, 0.3) is 0 Å². The van der Waals surface area contributed by atoms with Gasteiger partial charge in [0.2, 0.25) is 11.9 Å². The van der Waals surface area contributed by atoms with Crippen LogP contribution < -0.4 is 31.6 Å². The van der Waals surface area contributed by atoms with Crippen molar-refractivity contribution in [2.24, 2.45) is 0 Å². The molecule has 0 spiro atoms. The fourth-order valence-corrected chi connectivity index (χ4v) is 5.40. The van der Waals surface area contributed by atoms with Crippen molar-refractivity contribution in [2.75, 3.05) is 22.1 Å². The summed E-state index contributed by atoms with van der Waals surface area (Å²) in [5.41, 5.74) is 11.4. The van der Waals surface area contributed by atoms with Crippen LogP contribution in [-0.2, 0) is 0 Å². The second-order valence-electron chi connectivity index (χ2n) is 11.3. The predicted octanol–water partition coefficient (Wildman–Crippen LogP) is 5.93. The van der Waals surface area contributed by atoms with Crippen LogP contribution in [0, 0.1) is 5.82 Å². The summed E-state index contributed by atoms with van der Waals surface area (Å²) in [4.78, 5) is 16.4. The Hall–Kier alpha value is -4.46. The number of benzene rings is 2. The number of ether oxygens (including phenoxy) is 2. The normalized spacial score (nSPS) is 21.0. The molecule has 2 aromatic heterocycles. The maximum atomic E-state index is 13.0. The third kappa shape index (κ3) is 9.52. The first-order valence-electron chi connectivity index (χ1n) is 15.2. The number of hydrogen-bond donors (Lipinski definition) is 6. The van der Waals surface area contributed by atoms with Crippen LogP contribution in [0.15, 0.2) is 60.9 Å². The van der Waals surface area contributed by atoms with Crippen LogP contribution >= 0.6 is 11.6 Å². The molecule has 0 bridgehead atoms. The highest BCUT2D eigenvalue weighted by atomic mass is 35.5. The van der Waals surface area contributed by atoms with Crippen LogP contribution in [0.2, 0.25) is 5.02 Å². The number of hydrogen-bond acceptors (Lipinski definition) is 12. The average Bonchev–Trinajstić information content (AvgIpc) is 3.04. The Morgan fingerprint density at radius 3 is 1.65 bits per heavy atom. The molecule has 0 unspecified atom stereocenters. The van der Waals surface area contributed by atoms with Gasteiger partial charge in [-0.15, -0.1) is 0 Å². The van der Waals surface area contributed by atoms with Gasteiger partial charge in [-0.2, -0.15) is 9.97 Å². The first-order chi connectivity index (χ1) is 22.2.